The van der Waals surface area contributed by atoms with Crippen molar-refractivity contribution in [3.8, 4) is 11.6 Å². The Balaban J connectivity index is 1.56. The molecule has 4 aromatic rings. The number of halogens is 2. The third-order valence-corrected chi connectivity index (χ3v) is 5.58. The molecule has 0 aliphatic rings. The largest absolute Gasteiger partial charge is 0.421 e. The average Bonchev–Trinajstić information content (AvgIpc) is 2.96. The van der Waals surface area contributed by atoms with Crippen LogP contribution in [0.2, 0.25) is 5.02 Å². The van der Waals surface area contributed by atoms with Crippen LogP contribution in [0, 0.1) is 5.82 Å². The highest BCUT2D eigenvalue weighted by molar-refractivity contribution is 6.32. The van der Waals surface area contributed by atoms with Gasteiger partial charge in [-0.05, 0) is 37.3 Å². The number of ether oxygens (including phenoxy) is 3. The summed E-state index contributed by atoms with van der Waals surface area (Å²) in [5, 5.41) is -0.0211. The highest BCUT2D eigenvalue weighted by atomic mass is 35.5. The van der Waals surface area contributed by atoms with Crippen LogP contribution in [0.5, 0.6) is 11.6 Å². The quantitative estimate of drug-likeness (QED) is 0.294. The molecule has 2 heterocycles. The van der Waals surface area contributed by atoms with Gasteiger partial charge in [-0.15, -0.1) is 0 Å². The Morgan fingerprint density at radius 3 is 2.33 bits per heavy atom. The van der Waals surface area contributed by atoms with E-state index in [2.05, 4.69) is 4.98 Å². The van der Waals surface area contributed by atoms with Gasteiger partial charge in [0.25, 0.3) is 11.5 Å². The number of esters is 2. The lowest BCUT2D eigenvalue weighted by molar-refractivity contribution is 0.0726. The van der Waals surface area contributed by atoms with Gasteiger partial charge in [0.1, 0.15) is 11.8 Å². The van der Waals surface area contributed by atoms with E-state index in [0.29, 0.717) is 6.20 Å². The number of pyridine rings is 1. The normalized spacial score (nSPS) is 10.7. The second-order valence-electron chi connectivity index (χ2n) is 7.98. The maximum absolute atomic E-state index is 14.2. The van der Waals surface area contributed by atoms with Crippen molar-refractivity contribution in [3.05, 3.63) is 121 Å². The molecular weight excluding hydrogens is 549 g/mol. The van der Waals surface area contributed by atoms with Gasteiger partial charge in [-0.2, -0.15) is 8.96 Å². The number of carbonyl (C=O) groups excluding carboxylic acids is 3. The molecule has 0 N–H and O–H groups in total. The van der Waals surface area contributed by atoms with E-state index in [1.165, 1.54) is 18.2 Å². The second-order valence-corrected chi connectivity index (χ2v) is 8.38. The van der Waals surface area contributed by atoms with Gasteiger partial charge in [0, 0.05) is 18.2 Å². The molecular formula is C27H19ClFN3O8. The summed E-state index contributed by atoms with van der Waals surface area (Å²) in [6.45, 7) is 1.46. The Labute approximate surface area is 229 Å². The summed E-state index contributed by atoms with van der Waals surface area (Å²) in [5.41, 5.74) is -2.76. The minimum absolute atomic E-state index is 0.0211. The molecule has 4 rings (SSSR count). The molecule has 0 saturated carbocycles. The predicted octanol–water partition coefficient (Wildman–Crippen LogP) is 3.32. The molecule has 0 aliphatic carbocycles. The molecule has 0 amide bonds. The Bertz CT molecular complexity index is 1720. The zero-order chi connectivity index (χ0) is 28.8. The van der Waals surface area contributed by atoms with Crippen LogP contribution < -0.4 is 20.7 Å². The lowest BCUT2D eigenvalue weighted by Gasteiger charge is -2.10. The monoisotopic (exact) mass is 567 g/mol. The van der Waals surface area contributed by atoms with Gasteiger partial charge in [0.2, 0.25) is 11.7 Å². The van der Waals surface area contributed by atoms with Crippen molar-refractivity contribution < 1.29 is 33.0 Å². The fourth-order valence-corrected chi connectivity index (χ4v) is 3.50. The predicted molar refractivity (Wildman–Crippen MR) is 138 cm³/mol. The summed E-state index contributed by atoms with van der Waals surface area (Å²) in [4.78, 5) is 67.0. The van der Waals surface area contributed by atoms with Crippen molar-refractivity contribution in [2.24, 2.45) is 0 Å². The lowest BCUT2D eigenvalue weighted by atomic mass is 10.1. The third-order valence-electron chi connectivity index (χ3n) is 5.30. The molecule has 40 heavy (non-hydrogen) atoms. The first kappa shape index (κ1) is 28.1. The molecule has 11 nitrogen and oxygen atoms in total. The first-order chi connectivity index (χ1) is 19.2. The van der Waals surface area contributed by atoms with Gasteiger partial charge in [-0.1, -0.05) is 35.9 Å². The molecule has 2 aromatic carbocycles. The van der Waals surface area contributed by atoms with Crippen molar-refractivity contribution in [1.82, 2.24) is 14.1 Å². The Morgan fingerprint density at radius 1 is 0.925 bits per heavy atom. The summed E-state index contributed by atoms with van der Waals surface area (Å²) in [7, 11) is 0. The number of hydrogen-bond acceptors (Lipinski definition) is 9. The Hall–Kier alpha value is -4.94. The molecule has 0 spiro atoms. The van der Waals surface area contributed by atoms with Crippen LogP contribution in [0.1, 0.15) is 38.0 Å². The van der Waals surface area contributed by atoms with Crippen molar-refractivity contribution >= 4 is 29.4 Å². The molecule has 0 aliphatic heterocycles. The number of aromatic nitrogens is 3. The highest BCUT2D eigenvalue weighted by Gasteiger charge is 2.21. The number of hydrogen-bond donors (Lipinski definition) is 0. The summed E-state index contributed by atoms with van der Waals surface area (Å²) >= 11 is 6.06. The second kappa shape index (κ2) is 12.3. The van der Waals surface area contributed by atoms with E-state index in [4.69, 9.17) is 25.8 Å². The van der Waals surface area contributed by atoms with Gasteiger partial charge in [0.15, 0.2) is 5.75 Å². The van der Waals surface area contributed by atoms with Crippen LogP contribution >= 0.6 is 11.6 Å². The Kier molecular flexibility index (Phi) is 8.62. The van der Waals surface area contributed by atoms with Gasteiger partial charge >= 0.3 is 17.6 Å². The topological polar surface area (TPSA) is 136 Å². The standard InChI is InChI=1S/C27H19ClFN3O8/c1-2-38-15-31-14-20(29)24(34)32(27(31)37)23(33)17-9-6-10-18(11-17)26(36)40-22-12-21(19(28)13-30-22)39-25(35)16-7-4-3-5-8-16/h3-14H,2,15H2,1H3. The van der Waals surface area contributed by atoms with Crippen LogP contribution in [0.25, 0.3) is 0 Å². The maximum Gasteiger partial charge on any atom is 0.344 e. The van der Waals surface area contributed by atoms with Gasteiger partial charge in [-0.25, -0.2) is 19.4 Å². The first-order valence-corrected chi connectivity index (χ1v) is 12.0. The molecule has 0 fully saturated rings. The Morgan fingerprint density at radius 2 is 1.60 bits per heavy atom. The summed E-state index contributed by atoms with van der Waals surface area (Å²) < 4.78 is 30.6. The summed E-state index contributed by atoms with van der Waals surface area (Å²) in [6, 6.07) is 14.1. The molecule has 0 unspecified atom stereocenters. The first-order valence-electron chi connectivity index (χ1n) is 11.6. The number of rotatable bonds is 8. The number of benzene rings is 2. The van der Waals surface area contributed by atoms with E-state index >= 15 is 0 Å². The molecule has 0 atom stereocenters. The van der Waals surface area contributed by atoms with Crippen LogP contribution in [-0.2, 0) is 11.5 Å². The highest BCUT2D eigenvalue weighted by Crippen LogP contribution is 2.28. The van der Waals surface area contributed by atoms with E-state index in [9.17, 15) is 28.4 Å². The van der Waals surface area contributed by atoms with Crippen molar-refractivity contribution in [2.75, 3.05) is 6.61 Å². The zero-order valence-electron chi connectivity index (χ0n) is 20.7. The van der Waals surface area contributed by atoms with Gasteiger partial charge in [-0.3, -0.25) is 14.2 Å². The molecule has 0 bridgehead atoms. The van der Waals surface area contributed by atoms with Gasteiger partial charge in [0.05, 0.1) is 23.5 Å². The molecule has 2 aromatic heterocycles. The molecule has 0 saturated heterocycles. The smallest absolute Gasteiger partial charge is 0.344 e. The van der Waals surface area contributed by atoms with Crippen LogP contribution in [0.4, 0.5) is 4.39 Å². The van der Waals surface area contributed by atoms with Crippen molar-refractivity contribution in [1.29, 1.82) is 0 Å². The molecule has 204 valence electrons. The number of carbonyl (C=O) groups is 3. The average molecular weight is 568 g/mol. The fourth-order valence-electron chi connectivity index (χ4n) is 3.36. The van der Waals surface area contributed by atoms with Crippen LogP contribution in [0.15, 0.2) is 82.6 Å². The minimum Gasteiger partial charge on any atom is -0.421 e. The third kappa shape index (κ3) is 6.20. The van der Waals surface area contributed by atoms with Crippen LogP contribution in [-0.4, -0.2) is 38.6 Å². The number of nitrogens with zero attached hydrogens (tertiary/aromatic N) is 3. The van der Waals surface area contributed by atoms with E-state index in [0.717, 1.165) is 22.9 Å². The SMILES string of the molecule is CCOCn1cc(F)c(=O)n(C(=O)c2cccc(C(=O)Oc3cc(OC(=O)c4ccccc4)c(Cl)cn3)c2)c1=O. The lowest BCUT2D eigenvalue weighted by Crippen LogP contribution is -2.45. The fraction of sp³-hybridized carbons (Fsp3) is 0.111. The summed E-state index contributed by atoms with van der Waals surface area (Å²) in [5.74, 6) is -4.60. The van der Waals surface area contributed by atoms with Crippen molar-refractivity contribution in [2.45, 2.75) is 13.7 Å². The maximum atomic E-state index is 14.2. The van der Waals surface area contributed by atoms with E-state index in [-0.39, 0.29) is 51.2 Å². The zero-order valence-corrected chi connectivity index (χ0v) is 21.5. The van der Waals surface area contributed by atoms with Crippen LogP contribution in [0.3, 0.4) is 0 Å². The molecule has 0 radical (unpaired) electrons. The minimum atomic E-state index is -1.46. The van der Waals surface area contributed by atoms with E-state index in [1.807, 2.05) is 0 Å². The van der Waals surface area contributed by atoms with Gasteiger partial charge < -0.3 is 14.2 Å². The van der Waals surface area contributed by atoms with E-state index < -0.39 is 34.9 Å². The molecule has 13 heteroatoms. The van der Waals surface area contributed by atoms with E-state index in [1.54, 1.807) is 37.3 Å². The summed E-state index contributed by atoms with van der Waals surface area (Å²) in [6.07, 6.45) is 1.75. The van der Waals surface area contributed by atoms with Crippen molar-refractivity contribution in [3.63, 3.8) is 0 Å².